The first-order valence-electron chi connectivity index (χ1n) is 12.7. The Hall–Kier alpha value is -0.330. The second-order valence-corrected chi connectivity index (χ2v) is 9.21. The maximum atomic E-state index is 10.2. The lowest BCUT2D eigenvalue weighted by Crippen LogP contribution is -1.87. The number of unbranched alkanes of at least 4 members (excludes halogenated alkanes) is 20. The molecule has 0 fully saturated rings. The Balaban J connectivity index is 2.98. The lowest BCUT2D eigenvalue weighted by molar-refractivity contribution is -0.107. The molecule has 0 rings (SSSR count). The molecule has 1 heteroatoms. The predicted molar refractivity (Wildman–Crippen MR) is 122 cm³/mol. The molecular formula is C26H52O. The van der Waals surface area contributed by atoms with Crippen LogP contribution in [-0.2, 0) is 4.79 Å². The minimum absolute atomic E-state index is 0.762. The number of hydrogen-bond donors (Lipinski definition) is 0. The highest BCUT2D eigenvalue weighted by molar-refractivity contribution is 5.48. The second kappa shape index (κ2) is 23.7. The lowest BCUT2D eigenvalue weighted by Gasteiger charge is -2.05. The highest BCUT2D eigenvalue weighted by Gasteiger charge is 1.96. The molecule has 0 aromatic heterocycles. The number of rotatable bonds is 23. The van der Waals surface area contributed by atoms with Crippen molar-refractivity contribution in [1.82, 2.24) is 0 Å². The van der Waals surface area contributed by atoms with Crippen molar-refractivity contribution in [2.24, 2.45) is 5.92 Å². The molecule has 0 aliphatic heterocycles. The molecule has 0 saturated heterocycles. The van der Waals surface area contributed by atoms with Gasteiger partial charge in [0.2, 0.25) is 0 Å². The molecule has 0 N–H and O–H groups in total. The third-order valence-electron chi connectivity index (χ3n) is 5.85. The summed E-state index contributed by atoms with van der Waals surface area (Å²) < 4.78 is 0. The molecule has 0 radical (unpaired) electrons. The van der Waals surface area contributed by atoms with Crippen molar-refractivity contribution in [3.63, 3.8) is 0 Å². The van der Waals surface area contributed by atoms with Gasteiger partial charge in [0.1, 0.15) is 6.29 Å². The van der Waals surface area contributed by atoms with Gasteiger partial charge in [-0.2, -0.15) is 0 Å². The van der Waals surface area contributed by atoms with Crippen LogP contribution in [0.4, 0.5) is 0 Å². The first kappa shape index (κ1) is 26.7. The Morgan fingerprint density at radius 1 is 0.444 bits per heavy atom. The first-order valence-corrected chi connectivity index (χ1v) is 12.7. The Bertz CT molecular complexity index is 271. The van der Waals surface area contributed by atoms with Gasteiger partial charge in [-0.05, 0) is 12.3 Å². The van der Waals surface area contributed by atoms with Gasteiger partial charge in [0.05, 0.1) is 0 Å². The van der Waals surface area contributed by atoms with E-state index >= 15 is 0 Å². The van der Waals surface area contributed by atoms with Crippen LogP contribution in [0.5, 0.6) is 0 Å². The Morgan fingerprint density at radius 3 is 0.963 bits per heavy atom. The van der Waals surface area contributed by atoms with Crippen molar-refractivity contribution in [3.8, 4) is 0 Å². The van der Waals surface area contributed by atoms with E-state index in [-0.39, 0.29) is 0 Å². The third kappa shape index (κ3) is 25.7. The highest BCUT2D eigenvalue weighted by Crippen LogP contribution is 2.15. The fraction of sp³-hybridized carbons (Fsp3) is 0.962. The second-order valence-electron chi connectivity index (χ2n) is 9.21. The summed E-state index contributed by atoms with van der Waals surface area (Å²) in [7, 11) is 0. The molecule has 27 heavy (non-hydrogen) atoms. The average molecular weight is 381 g/mol. The van der Waals surface area contributed by atoms with Crippen LogP contribution in [0, 0.1) is 5.92 Å². The molecule has 1 nitrogen and oxygen atoms in total. The van der Waals surface area contributed by atoms with Crippen molar-refractivity contribution in [2.45, 2.75) is 155 Å². The summed E-state index contributed by atoms with van der Waals surface area (Å²) in [6, 6.07) is 0. The fourth-order valence-electron chi connectivity index (χ4n) is 3.96. The van der Waals surface area contributed by atoms with E-state index in [0.717, 1.165) is 25.0 Å². The smallest absolute Gasteiger partial charge is 0.119 e. The monoisotopic (exact) mass is 380 g/mol. The van der Waals surface area contributed by atoms with Gasteiger partial charge in [0, 0.05) is 6.42 Å². The van der Waals surface area contributed by atoms with Gasteiger partial charge < -0.3 is 4.79 Å². The summed E-state index contributed by atoms with van der Waals surface area (Å²) >= 11 is 0. The predicted octanol–water partition coefficient (Wildman–Crippen LogP) is 9.42. The minimum atomic E-state index is 0.762. The van der Waals surface area contributed by atoms with Gasteiger partial charge in [-0.15, -0.1) is 0 Å². The van der Waals surface area contributed by atoms with Gasteiger partial charge in [-0.25, -0.2) is 0 Å². The molecule has 0 amide bonds. The Labute approximate surface area is 172 Å². The van der Waals surface area contributed by atoms with Gasteiger partial charge in [-0.1, -0.05) is 142 Å². The maximum Gasteiger partial charge on any atom is 0.119 e. The molecule has 0 heterocycles. The minimum Gasteiger partial charge on any atom is -0.303 e. The van der Waals surface area contributed by atoms with Gasteiger partial charge in [0.15, 0.2) is 0 Å². The normalized spacial score (nSPS) is 11.4. The summed E-state index contributed by atoms with van der Waals surface area (Å²) in [6.07, 6.45) is 31.5. The zero-order chi connectivity index (χ0) is 19.8. The summed E-state index contributed by atoms with van der Waals surface area (Å²) in [5.74, 6) is 0.889. The quantitative estimate of drug-likeness (QED) is 0.127. The SMILES string of the molecule is CC(C)CCCCCCCCCCCCCCCCCCCCCCC=O. The Kier molecular flexibility index (Phi) is 23.4. The topological polar surface area (TPSA) is 17.1 Å². The molecule has 0 bridgehead atoms. The van der Waals surface area contributed by atoms with E-state index in [9.17, 15) is 4.79 Å². The van der Waals surface area contributed by atoms with Crippen LogP contribution in [0.1, 0.15) is 155 Å². The molecule has 0 saturated carbocycles. The van der Waals surface area contributed by atoms with Crippen LogP contribution in [-0.4, -0.2) is 6.29 Å². The summed E-state index contributed by atoms with van der Waals surface area (Å²) in [4.78, 5) is 10.2. The summed E-state index contributed by atoms with van der Waals surface area (Å²) in [5, 5.41) is 0. The average Bonchev–Trinajstić information content (AvgIpc) is 2.65. The fourth-order valence-corrected chi connectivity index (χ4v) is 3.96. The summed E-state index contributed by atoms with van der Waals surface area (Å²) in [5.41, 5.74) is 0. The molecule has 0 aliphatic rings. The Morgan fingerprint density at radius 2 is 0.704 bits per heavy atom. The lowest BCUT2D eigenvalue weighted by atomic mass is 10.0. The number of carbonyl (C=O) groups is 1. The van der Waals surface area contributed by atoms with Crippen LogP contribution in [0.3, 0.4) is 0 Å². The molecular weight excluding hydrogens is 328 g/mol. The van der Waals surface area contributed by atoms with Crippen LogP contribution in [0.2, 0.25) is 0 Å². The zero-order valence-corrected chi connectivity index (χ0v) is 19.1. The van der Waals surface area contributed by atoms with Crippen LogP contribution in [0.15, 0.2) is 0 Å². The van der Waals surface area contributed by atoms with Crippen molar-refractivity contribution >= 4 is 6.29 Å². The highest BCUT2D eigenvalue weighted by atomic mass is 16.1. The van der Waals surface area contributed by atoms with Crippen LogP contribution in [0.25, 0.3) is 0 Å². The third-order valence-corrected chi connectivity index (χ3v) is 5.85. The van der Waals surface area contributed by atoms with E-state index in [1.807, 2.05) is 0 Å². The van der Waals surface area contributed by atoms with Crippen molar-refractivity contribution < 1.29 is 4.79 Å². The standard InChI is InChI=1S/C26H52O/c1-26(2)24-22-20-18-16-14-12-10-8-6-4-3-5-7-9-11-13-15-17-19-21-23-25-27/h25-26H,3-24H2,1-2H3. The zero-order valence-electron chi connectivity index (χ0n) is 19.1. The van der Waals surface area contributed by atoms with E-state index in [1.54, 1.807) is 0 Å². The largest absolute Gasteiger partial charge is 0.303 e. The van der Waals surface area contributed by atoms with Gasteiger partial charge in [-0.3, -0.25) is 0 Å². The molecule has 162 valence electrons. The van der Waals surface area contributed by atoms with E-state index in [2.05, 4.69) is 13.8 Å². The van der Waals surface area contributed by atoms with E-state index < -0.39 is 0 Å². The number of carbonyl (C=O) groups excluding carboxylic acids is 1. The molecule has 0 unspecified atom stereocenters. The number of aldehydes is 1. The van der Waals surface area contributed by atoms with Crippen molar-refractivity contribution in [2.75, 3.05) is 0 Å². The van der Waals surface area contributed by atoms with E-state index in [1.165, 1.54) is 128 Å². The molecule has 0 aromatic carbocycles. The van der Waals surface area contributed by atoms with E-state index in [0.29, 0.717) is 0 Å². The van der Waals surface area contributed by atoms with Crippen LogP contribution >= 0.6 is 0 Å². The van der Waals surface area contributed by atoms with Crippen LogP contribution < -0.4 is 0 Å². The van der Waals surface area contributed by atoms with Gasteiger partial charge >= 0.3 is 0 Å². The summed E-state index contributed by atoms with van der Waals surface area (Å²) in [6.45, 7) is 4.67. The van der Waals surface area contributed by atoms with Crippen molar-refractivity contribution in [3.05, 3.63) is 0 Å². The molecule has 0 aliphatic carbocycles. The number of hydrogen-bond acceptors (Lipinski definition) is 1. The van der Waals surface area contributed by atoms with Crippen molar-refractivity contribution in [1.29, 1.82) is 0 Å². The molecule has 0 spiro atoms. The first-order chi connectivity index (χ1) is 13.3. The maximum absolute atomic E-state index is 10.2. The molecule has 0 atom stereocenters. The van der Waals surface area contributed by atoms with Gasteiger partial charge in [0.25, 0.3) is 0 Å². The molecule has 0 aromatic rings. The van der Waals surface area contributed by atoms with E-state index in [4.69, 9.17) is 0 Å².